The number of nitrogens with one attached hydrogen (secondary N) is 1. The summed E-state index contributed by atoms with van der Waals surface area (Å²) >= 11 is 0. The van der Waals surface area contributed by atoms with Gasteiger partial charge in [-0.3, -0.25) is 14.9 Å². The largest absolute Gasteiger partial charge is 0.334 e. The van der Waals surface area contributed by atoms with Crippen molar-refractivity contribution in [2.24, 2.45) is 0 Å². The molecule has 1 heterocycles. The average Bonchev–Trinajstić information content (AvgIpc) is 2.75. The maximum Gasteiger partial charge on any atom is 0.325 e. The van der Waals surface area contributed by atoms with Crippen molar-refractivity contribution < 1.29 is 18.8 Å². The smallest absolute Gasteiger partial charge is 0.325 e. The Bertz CT molecular complexity index is 690. The Labute approximate surface area is 147 Å². The quantitative estimate of drug-likeness (QED) is 0.801. The van der Waals surface area contributed by atoms with E-state index in [2.05, 4.69) is 5.32 Å². The first-order chi connectivity index (χ1) is 11.7. The lowest BCUT2D eigenvalue weighted by Gasteiger charge is -2.33. The van der Waals surface area contributed by atoms with Gasteiger partial charge in [-0.15, -0.1) is 0 Å². The van der Waals surface area contributed by atoms with Gasteiger partial charge in [-0.25, -0.2) is 9.18 Å². The van der Waals surface area contributed by atoms with Gasteiger partial charge < -0.3 is 9.80 Å². The van der Waals surface area contributed by atoms with Crippen LogP contribution < -0.4 is 5.32 Å². The molecule has 4 amide bonds. The third-order valence-corrected chi connectivity index (χ3v) is 4.73. The first-order valence-electron chi connectivity index (χ1n) is 8.34. The minimum atomic E-state index is -1.09. The summed E-state index contributed by atoms with van der Waals surface area (Å²) in [5.41, 5.74) is -0.677. The molecule has 0 bridgehead atoms. The average molecular weight is 349 g/mol. The van der Waals surface area contributed by atoms with Gasteiger partial charge in [-0.05, 0) is 33.3 Å². The van der Waals surface area contributed by atoms with Crippen LogP contribution in [0.15, 0.2) is 24.3 Å². The molecular weight excluding hydrogens is 325 g/mol. The molecule has 1 atom stereocenters. The molecule has 136 valence electrons. The fourth-order valence-electron chi connectivity index (χ4n) is 2.71. The Hall–Kier alpha value is -2.44. The van der Waals surface area contributed by atoms with Crippen molar-refractivity contribution in [3.05, 3.63) is 35.6 Å². The van der Waals surface area contributed by atoms with Crippen LogP contribution in [0.25, 0.3) is 0 Å². The molecule has 6 nitrogen and oxygen atoms in total. The van der Waals surface area contributed by atoms with E-state index in [4.69, 9.17) is 0 Å². The van der Waals surface area contributed by atoms with Crippen LogP contribution >= 0.6 is 0 Å². The number of hydrogen-bond acceptors (Lipinski definition) is 3. The Balaban J connectivity index is 2.21. The normalized spacial score (nSPS) is 17.4. The molecular formula is C18H24FN3O3. The molecule has 25 heavy (non-hydrogen) atoms. The number of nitrogens with zero attached hydrogens (tertiary/aromatic N) is 2. The Morgan fingerprint density at radius 2 is 1.96 bits per heavy atom. The van der Waals surface area contributed by atoms with Crippen molar-refractivity contribution in [2.45, 2.75) is 52.2 Å². The number of carbonyl (C=O) groups excluding carboxylic acids is 3. The minimum Gasteiger partial charge on any atom is -0.334 e. The fourth-order valence-corrected chi connectivity index (χ4v) is 2.71. The molecule has 1 aliphatic rings. The number of benzene rings is 1. The van der Waals surface area contributed by atoms with Crippen molar-refractivity contribution in [2.75, 3.05) is 6.54 Å². The number of hydrogen-bond donors (Lipinski definition) is 1. The topological polar surface area (TPSA) is 69.7 Å². The molecule has 0 aliphatic carbocycles. The molecule has 2 rings (SSSR count). The molecule has 1 aliphatic heterocycles. The molecule has 0 saturated carbocycles. The molecule has 1 aromatic carbocycles. The summed E-state index contributed by atoms with van der Waals surface area (Å²) in [4.78, 5) is 39.4. The van der Waals surface area contributed by atoms with E-state index in [1.807, 2.05) is 13.8 Å². The second-order valence-electron chi connectivity index (χ2n) is 6.77. The number of rotatable bonds is 6. The highest BCUT2D eigenvalue weighted by molar-refractivity contribution is 6.07. The minimum absolute atomic E-state index is 0.115. The zero-order valence-corrected chi connectivity index (χ0v) is 15.0. The summed E-state index contributed by atoms with van der Waals surface area (Å²) in [5.74, 6) is -1.14. The Morgan fingerprint density at radius 1 is 1.32 bits per heavy atom. The van der Waals surface area contributed by atoms with Gasteiger partial charge in [0.1, 0.15) is 17.9 Å². The van der Waals surface area contributed by atoms with Crippen LogP contribution in [0.3, 0.4) is 0 Å². The van der Waals surface area contributed by atoms with Crippen molar-refractivity contribution in [3.8, 4) is 0 Å². The molecule has 0 unspecified atom stereocenters. The standard InChI is InChI=1S/C18H24FN3O3/c1-5-12(2)21(10-13-8-6-7-9-14(13)19)15(23)11-22-17(25)20-16(24)18(22,3)4/h6-9,12H,5,10-11H2,1-4H3,(H,20,24,25)/t12-/m1/s1. The zero-order chi connectivity index (χ0) is 18.8. The SMILES string of the molecule is CC[C@@H](C)N(Cc1ccccc1F)C(=O)CN1C(=O)NC(=O)C1(C)C. The second kappa shape index (κ2) is 7.21. The van der Waals surface area contributed by atoms with Gasteiger partial charge in [0.05, 0.1) is 0 Å². The monoisotopic (exact) mass is 349 g/mol. The summed E-state index contributed by atoms with van der Waals surface area (Å²) in [6, 6.07) is 5.58. The summed E-state index contributed by atoms with van der Waals surface area (Å²) < 4.78 is 14.0. The number of halogens is 1. The number of amides is 4. The zero-order valence-electron chi connectivity index (χ0n) is 15.0. The van der Waals surface area contributed by atoms with Crippen LogP contribution in [-0.4, -0.2) is 45.8 Å². The van der Waals surface area contributed by atoms with E-state index in [9.17, 15) is 18.8 Å². The van der Waals surface area contributed by atoms with Crippen LogP contribution in [0.4, 0.5) is 9.18 Å². The van der Waals surface area contributed by atoms with Crippen molar-refractivity contribution in [1.82, 2.24) is 15.1 Å². The maximum atomic E-state index is 14.0. The van der Waals surface area contributed by atoms with E-state index in [-0.39, 0.29) is 30.9 Å². The first kappa shape index (κ1) is 18.9. The van der Waals surface area contributed by atoms with Gasteiger partial charge in [0.2, 0.25) is 5.91 Å². The molecule has 1 aromatic rings. The van der Waals surface area contributed by atoms with Crippen LogP contribution in [-0.2, 0) is 16.1 Å². The van der Waals surface area contributed by atoms with Gasteiger partial charge in [0.25, 0.3) is 5.91 Å². The highest BCUT2D eigenvalue weighted by atomic mass is 19.1. The van der Waals surface area contributed by atoms with Crippen molar-refractivity contribution in [1.29, 1.82) is 0 Å². The summed E-state index contributed by atoms with van der Waals surface area (Å²) in [7, 11) is 0. The van der Waals surface area contributed by atoms with Gasteiger partial charge in [0, 0.05) is 18.2 Å². The van der Waals surface area contributed by atoms with Crippen molar-refractivity contribution in [3.63, 3.8) is 0 Å². The highest BCUT2D eigenvalue weighted by Crippen LogP contribution is 2.22. The molecule has 7 heteroatoms. The fraction of sp³-hybridized carbons (Fsp3) is 0.500. The Kier molecular flexibility index (Phi) is 5.45. The van der Waals surface area contributed by atoms with Gasteiger partial charge in [-0.1, -0.05) is 25.1 Å². The number of carbonyl (C=O) groups is 3. The van der Waals surface area contributed by atoms with Gasteiger partial charge >= 0.3 is 6.03 Å². The second-order valence-corrected chi connectivity index (χ2v) is 6.77. The van der Waals surface area contributed by atoms with E-state index >= 15 is 0 Å². The first-order valence-corrected chi connectivity index (χ1v) is 8.34. The van der Waals surface area contributed by atoms with Gasteiger partial charge in [-0.2, -0.15) is 0 Å². The summed E-state index contributed by atoms with van der Waals surface area (Å²) in [6.45, 7) is 6.87. The number of imide groups is 1. The van der Waals surface area contributed by atoms with Crippen LogP contribution in [0, 0.1) is 5.82 Å². The predicted octanol–water partition coefficient (Wildman–Crippen LogP) is 2.28. The molecule has 1 fully saturated rings. The molecule has 1 saturated heterocycles. The lowest BCUT2D eigenvalue weighted by molar-refractivity contribution is -0.136. The Morgan fingerprint density at radius 3 is 2.48 bits per heavy atom. The van der Waals surface area contributed by atoms with Crippen molar-refractivity contribution >= 4 is 17.8 Å². The number of urea groups is 1. The summed E-state index contributed by atoms with van der Waals surface area (Å²) in [6.07, 6.45) is 0.689. The molecule has 0 spiro atoms. The third-order valence-electron chi connectivity index (χ3n) is 4.73. The lowest BCUT2D eigenvalue weighted by atomic mass is 10.0. The van der Waals surface area contributed by atoms with Crippen LogP contribution in [0.5, 0.6) is 0 Å². The molecule has 0 aromatic heterocycles. The van der Waals surface area contributed by atoms with E-state index in [1.165, 1.54) is 11.0 Å². The van der Waals surface area contributed by atoms with Gasteiger partial charge in [0.15, 0.2) is 0 Å². The molecule has 1 N–H and O–H groups in total. The highest BCUT2D eigenvalue weighted by Gasteiger charge is 2.46. The van der Waals surface area contributed by atoms with E-state index in [1.54, 1.807) is 36.9 Å². The van der Waals surface area contributed by atoms with Crippen LogP contribution in [0.2, 0.25) is 0 Å². The van der Waals surface area contributed by atoms with E-state index in [0.717, 1.165) is 0 Å². The molecule has 0 radical (unpaired) electrons. The third kappa shape index (κ3) is 3.81. The lowest BCUT2D eigenvalue weighted by Crippen LogP contribution is -2.51. The summed E-state index contributed by atoms with van der Waals surface area (Å²) in [5, 5.41) is 2.22. The predicted molar refractivity (Wildman–Crippen MR) is 91.0 cm³/mol. The van der Waals surface area contributed by atoms with Crippen LogP contribution in [0.1, 0.15) is 39.7 Å². The van der Waals surface area contributed by atoms with E-state index in [0.29, 0.717) is 12.0 Å². The van der Waals surface area contributed by atoms with E-state index < -0.39 is 17.5 Å². The maximum absolute atomic E-state index is 14.0.